The molecule has 0 radical (unpaired) electrons. The van der Waals surface area contributed by atoms with Gasteiger partial charge in [-0.2, -0.15) is 13.2 Å². The van der Waals surface area contributed by atoms with Gasteiger partial charge in [0.25, 0.3) is 5.91 Å². The van der Waals surface area contributed by atoms with Crippen molar-refractivity contribution in [2.45, 2.75) is 25.6 Å². The molecule has 3 N–H and O–H groups in total. The number of rotatable bonds is 9. The van der Waals surface area contributed by atoms with Crippen molar-refractivity contribution in [3.05, 3.63) is 58.1 Å². The largest absolute Gasteiger partial charge is 0.396 e. The van der Waals surface area contributed by atoms with E-state index in [-0.39, 0.29) is 37.4 Å². The van der Waals surface area contributed by atoms with Crippen molar-refractivity contribution in [1.29, 1.82) is 0 Å². The number of carbonyl (C=O) groups is 2. The van der Waals surface area contributed by atoms with Crippen molar-refractivity contribution in [1.82, 2.24) is 10.2 Å². The van der Waals surface area contributed by atoms with Gasteiger partial charge in [-0.25, -0.2) is 8.78 Å². The van der Waals surface area contributed by atoms with Gasteiger partial charge in [0, 0.05) is 56.3 Å². The minimum Gasteiger partial charge on any atom is -0.396 e. The summed E-state index contributed by atoms with van der Waals surface area (Å²) in [5.41, 5.74) is 0.0513. The van der Waals surface area contributed by atoms with Crippen LogP contribution >= 0.6 is 11.6 Å². The molecule has 7 nitrogen and oxygen atoms in total. The van der Waals surface area contributed by atoms with Gasteiger partial charge in [-0.05, 0) is 24.3 Å². The Labute approximate surface area is 215 Å². The number of nitrogens with zero attached hydrogens (tertiary/aromatic N) is 2. The zero-order valence-electron chi connectivity index (χ0n) is 19.7. The highest BCUT2D eigenvalue weighted by Gasteiger charge is 2.29. The average Bonchev–Trinajstić information content (AvgIpc) is 2.84. The van der Waals surface area contributed by atoms with E-state index in [2.05, 4.69) is 10.6 Å². The van der Waals surface area contributed by atoms with Crippen LogP contribution < -0.4 is 15.5 Å². The summed E-state index contributed by atoms with van der Waals surface area (Å²) < 4.78 is 66.8. The molecule has 0 atom stereocenters. The number of hydrogen-bond donors (Lipinski definition) is 3. The number of anilines is 2. The number of aliphatic hydroxyl groups is 1. The van der Waals surface area contributed by atoms with E-state index in [4.69, 9.17) is 16.7 Å². The SMILES string of the molecule is O=C(CCO)NCc1ccc(C(=O)Nc2ccc(Cl)cc2N2CCN(CCC(F)(F)F)CC2)c(F)c1F. The molecular weight excluding hydrogens is 523 g/mol. The number of amides is 2. The van der Waals surface area contributed by atoms with Crippen molar-refractivity contribution in [2.75, 3.05) is 49.5 Å². The number of aliphatic hydroxyl groups excluding tert-OH is 1. The fourth-order valence-electron chi connectivity index (χ4n) is 3.84. The predicted octanol–water partition coefficient (Wildman–Crippen LogP) is 3.94. The highest BCUT2D eigenvalue weighted by molar-refractivity contribution is 6.31. The van der Waals surface area contributed by atoms with Gasteiger partial charge in [-0.3, -0.25) is 14.5 Å². The molecule has 1 aliphatic heterocycles. The first-order valence-corrected chi connectivity index (χ1v) is 11.9. The van der Waals surface area contributed by atoms with Crippen molar-refractivity contribution in [2.24, 2.45) is 0 Å². The van der Waals surface area contributed by atoms with Crippen LogP contribution in [0.15, 0.2) is 30.3 Å². The number of carbonyl (C=O) groups excluding carboxylic acids is 2. The molecule has 2 amide bonds. The van der Waals surface area contributed by atoms with Crippen LogP contribution in [-0.4, -0.2) is 67.3 Å². The number of benzene rings is 2. The van der Waals surface area contributed by atoms with Crippen LogP contribution in [0.2, 0.25) is 5.02 Å². The summed E-state index contributed by atoms with van der Waals surface area (Å²) in [6, 6.07) is 6.86. The summed E-state index contributed by atoms with van der Waals surface area (Å²) in [7, 11) is 0. The Balaban J connectivity index is 1.70. The third kappa shape index (κ3) is 8.01. The van der Waals surface area contributed by atoms with Gasteiger partial charge in [-0.15, -0.1) is 0 Å². The molecule has 0 bridgehead atoms. The van der Waals surface area contributed by atoms with E-state index in [1.807, 2.05) is 4.90 Å². The normalized spacial score (nSPS) is 14.5. The van der Waals surface area contributed by atoms with E-state index in [1.54, 1.807) is 11.0 Å². The standard InChI is InChI=1S/C24H26ClF5N4O3/c25-16-2-4-18(19(13-16)34-10-8-33(9-11-34)7-6-24(28,29)30)32-23(37)17-3-1-15(21(26)22(17)27)14-31-20(36)5-12-35/h1-4,13,35H,5-12,14H2,(H,31,36)(H,32,37). The summed E-state index contributed by atoms with van der Waals surface area (Å²) >= 11 is 6.13. The molecule has 0 spiro atoms. The van der Waals surface area contributed by atoms with Crippen molar-refractivity contribution >= 4 is 34.8 Å². The minimum absolute atomic E-state index is 0.109. The van der Waals surface area contributed by atoms with Gasteiger partial charge in [-0.1, -0.05) is 17.7 Å². The lowest BCUT2D eigenvalue weighted by atomic mass is 10.1. The summed E-state index contributed by atoms with van der Waals surface area (Å²) in [4.78, 5) is 27.8. The highest BCUT2D eigenvalue weighted by Crippen LogP contribution is 2.31. The molecule has 202 valence electrons. The Morgan fingerprint density at radius 2 is 1.73 bits per heavy atom. The summed E-state index contributed by atoms with van der Waals surface area (Å²) in [5.74, 6) is -4.14. The second-order valence-corrected chi connectivity index (χ2v) is 8.90. The maximum atomic E-state index is 14.7. The maximum Gasteiger partial charge on any atom is 0.390 e. The lowest BCUT2D eigenvalue weighted by Gasteiger charge is -2.37. The van der Waals surface area contributed by atoms with E-state index in [0.29, 0.717) is 36.9 Å². The first kappa shape index (κ1) is 28.6. The average molecular weight is 549 g/mol. The Hall–Kier alpha value is -2.96. The zero-order chi connectivity index (χ0) is 27.2. The van der Waals surface area contributed by atoms with Crippen LogP contribution in [0.25, 0.3) is 0 Å². The van der Waals surface area contributed by atoms with Crippen molar-refractivity contribution < 1.29 is 36.6 Å². The molecule has 2 aromatic carbocycles. The fourth-order valence-corrected chi connectivity index (χ4v) is 4.01. The van der Waals surface area contributed by atoms with Crippen molar-refractivity contribution in [3.8, 4) is 0 Å². The second kappa shape index (κ2) is 12.5. The van der Waals surface area contributed by atoms with Gasteiger partial charge >= 0.3 is 6.18 Å². The van der Waals surface area contributed by atoms with E-state index in [9.17, 15) is 31.5 Å². The molecular formula is C24H26ClF5N4O3. The van der Waals surface area contributed by atoms with Gasteiger partial charge in [0.2, 0.25) is 5.91 Å². The molecule has 1 saturated heterocycles. The Morgan fingerprint density at radius 1 is 1.03 bits per heavy atom. The molecule has 37 heavy (non-hydrogen) atoms. The minimum atomic E-state index is -4.23. The monoisotopic (exact) mass is 548 g/mol. The van der Waals surface area contributed by atoms with Gasteiger partial charge < -0.3 is 20.6 Å². The number of halogens is 6. The quantitative estimate of drug-likeness (QED) is 0.413. The number of alkyl halides is 3. The van der Waals surface area contributed by atoms with E-state index >= 15 is 0 Å². The van der Waals surface area contributed by atoms with Crippen molar-refractivity contribution in [3.63, 3.8) is 0 Å². The lowest BCUT2D eigenvalue weighted by molar-refractivity contribution is -0.138. The van der Waals surface area contributed by atoms with E-state index < -0.39 is 41.6 Å². The molecule has 1 aliphatic rings. The van der Waals surface area contributed by atoms with Crippen LogP contribution in [-0.2, 0) is 11.3 Å². The van der Waals surface area contributed by atoms with Gasteiger partial charge in [0.15, 0.2) is 11.6 Å². The molecule has 0 saturated carbocycles. The number of hydrogen-bond acceptors (Lipinski definition) is 5. The maximum absolute atomic E-state index is 14.7. The molecule has 0 aliphatic carbocycles. The topological polar surface area (TPSA) is 84.9 Å². The summed E-state index contributed by atoms with van der Waals surface area (Å²) in [6.07, 6.45) is -5.32. The first-order chi connectivity index (χ1) is 17.5. The van der Waals surface area contributed by atoms with Crippen LogP contribution in [0, 0.1) is 11.6 Å². The predicted molar refractivity (Wildman–Crippen MR) is 129 cm³/mol. The number of nitrogens with one attached hydrogen (secondary N) is 2. The third-order valence-corrected chi connectivity index (χ3v) is 6.09. The highest BCUT2D eigenvalue weighted by atomic mass is 35.5. The van der Waals surface area contributed by atoms with Crippen LogP contribution in [0.4, 0.5) is 33.3 Å². The molecule has 3 rings (SSSR count). The molecule has 13 heteroatoms. The Bertz CT molecular complexity index is 1120. The van der Waals surface area contributed by atoms with Gasteiger partial charge in [0.1, 0.15) is 0 Å². The lowest BCUT2D eigenvalue weighted by Crippen LogP contribution is -2.47. The molecule has 0 unspecified atom stereocenters. The van der Waals surface area contributed by atoms with E-state index in [1.165, 1.54) is 18.2 Å². The number of piperazine rings is 1. The summed E-state index contributed by atoms with van der Waals surface area (Å²) in [6.45, 7) is 0.671. The van der Waals surface area contributed by atoms with Crippen LogP contribution in [0.1, 0.15) is 28.8 Å². The third-order valence-electron chi connectivity index (χ3n) is 5.85. The smallest absolute Gasteiger partial charge is 0.390 e. The molecule has 0 aromatic heterocycles. The van der Waals surface area contributed by atoms with Crippen LogP contribution in [0.5, 0.6) is 0 Å². The fraction of sp³-hybridized carbons (Fsp3) is 0.417. The van der Waals surface area contributed by atoms with Crippen LogP contribution in [0.3, 0.4) is 0 Å². The molecule has 1 heterocycles. The van der Waals surface area contributed by atoms with E-state index in [0.717, 1.165) is 6.07 Å². The molecule has 1 fully saturated rings. The first-order valence-electron chi connectivity index (χ1n) is 11.5. The Morgan fingerprint density at radius 3 is 2.38 bits per heavy atom. The van der Waals surface area contributed by atoms with Gasteiger partial charge in [0.05, 0.1) is 30.0 Å². The zero-order valence-corrected chi connectivity index (χ0v) is 20.4. The summed E-state index contributed by atoms with van der Waals surface area (Å²) in [5, 5.41) is 14.0. The molecule has 2 aromatic rings. The Kier molecular flexibility index (Phi) is 9.68. The second-order valence-electron chi connectivity index (χ2n) is 8.46.